The number of ether oxygens (including phenoxy) is 1. The van der Waals surface area contributed by atoms with Gasteiger partial charge < -0.3 is 15.0 Å². The van der Waals surface area contributed by atoms with Crippen molar-refractivity contribution in [3.8, 4) is 0 Å². The second kappa shape index (κ2) is 9.39. The predicted octanol–water partition coefficient (Wildman–Crippen LogP) is 4.62. The number of piperidine rings is 1. The van der Waals surface area contributed by atoms with Gasteiger partial charge in [0, 0.05) is 24.7 Å². The highest BCUT2D eigenvalue weighted by Gasteiger charge is 2.31. The molecule has 1 aliphatic heterocycles. The molecule has 0 saturated carbocycles. The molecule has 1 aromatic carbocycles. The van der Waals surface area contributed by atoms with E-state index in [4.69, 9.17) is 4.74 Å². The van der Waals surface area contributed by atoms with Gasteiger partial charge in [0.05, 0.1) is 0 Å². The molecular weight excluding hydrogens is 359 g/mol. The number of nitrogens with zero attached hydrogens (tertiary/aromatic N) is 1. The minimum absolute atomic E-state index is 0.0262. The lowest BCUT2D eigenvalue weighted by atomic mass is 9.85. The summed E-state index contributed by atoms with van der Waals surface area (Å²) in [5.74, 6) is 0.193. The van der Waals surface area contributed by atoms with Crippen LogP contribution in [0.1, 0.15) is 64.2 Å². The molecule has 28 heavy (non-hydrogen) atoms. The normalized spacial score (nSPS) is 16.8. The maximum atomic E-state index is 13.1. The van der Waals surface area contributed by atoms with Gasteiger partial charge in [-0.2, -0.15) is 0 Å². The molecule has 1 heterocycles. The summed E-state index contributed by atoms with van der Waals surface area (Å²) in [7, 11) is 0. The van der Waals surface area contributed by atoms with Crippen molar-refractivity contribution in [2.75, 3.05) is 13.1 Å². The van der Waals surface area contributed by atoms with Crippen LogP contribution in [0, 0.1) is 17.7 Å². The number of halogens is 1. The molecule has 1 aliphatic rings. The number of carbonyl (C=O) groups is 2. The van der Waals surface area contributed by atoms with E-state index < -0.39 is 5.60 Å². The molecule has 0 bridgehead atoms. The summed E-state index contributed by atoms with van der Waals surface area (Å²) in [5, 5.41) is 3.14. The summed E-state index contributed by atoms with van der Waals surface area (Å²) in [5.41, 5.74) is -0.0432. The Morgan fingerprint density at radius 2 is 1.75 bits per heavy atom. The van der Waals surface area contributed by atoms with Crippen LogP contribution in [0.25, 0.3) is 0 Å². The van der Waals surface area contributed by atoms with Gasteiger partial charge in [-0.25, -0.2) is 9.18 Å². The smallest absolute Gasteiger partial charge is 0.410 e. The van der Waals surface area contributed by atoms with Crippen LogP contribution in [-0.4, -0.2) is 41.6 Å². The molecule has 6 heteroatoms. The van der Waals surface area contributed by atoms with E-state index in [1.165, 1.54) is 24.3 Å². The summed E-state index contributed by atoms with van der Waals surface area (Å²) < 4.78 is 18.6. The van der Waals surface area contributed by atoms with E-state index in [1.807, 2.05) is 20.8 Å². The number of hydrogen-bond acceptors (Lipinski definition) is 3. The number of nitrogens with one attached hydrogen (secondary N) is 1. The van der Waals surface area contributed by atoms with E-state index in [1.54, 1.807) is 4.90 Å². The van der Waals surface area contributed by atoms with Crippen molar-refractivity contribution >= 4 is 12.0 Å². The van der Waals surface area contributed by atoms with E-state index >= 15 is 0 Å². The van der Waals surface area contributed by atoms with Crippen LogP contribution in [0.3, 0.4) is 0 Å². The van der Waals surface area contributed by atoms with Gasteiger partial charge in [0.15, 0.2) is 0 Å². The third-order valence-corrected chi connectivity index (χ3v) is 4.91. The third-order valence-electron chi connectivity index (χ3n) is 4.91. The van der Waals surface area contributed by atoms with Gasteiger partial charge in [0.2, 0.25) is 0 Å². The average Bonchev–Trinajstić information content (AvgIpc) is 2.60. The predicted molar refractivity (Wildman–Crippen MR) is 108 cm³/mol. The molecule has 0 unspecified atom stereocenters. The van der Waals surface area contributed by atoms with Gasteiger partial charge in [0.25, 0.3) is 5.91 Å². The first kappa shape index (κ1) is 22.2. The molecule has 2 amide bonds. The molecule has 0 spiro atoms. The fraction of sp³-hybridized carbons (Fsp3) is 0.636. The van der Waals surface area contributed by atoms with Crippen molar-refractivity contribution in [3.05, 3.63) is 35.6 Å². The number of benzene rings is 1. The van der Waals surface area contributed by atoms with Gasteiger partial charge in [-0.15, -0.1) is 0 Å². The first-order valence-corrected chi connectivity index (χ1v) is 10.1. The maximum Gasteiger partial charge on any atom is 0.410 e. The van der Waals surface area contributed by atoms with Gasteiger partial charge in [-0.05, 0) is 76.1 Å². The minimum Gasteiger partial charge on any atom is -0.444 e. The summed E-state index contributed by atoms with van der Waals surface area (Å²) in [6.45, 7) is 11.1. The number of carbonyl (C=O) groups excluding carboxylic acids is 2. The Morgan fingerprint density at radius 1 is 1.18 bits per heavy atom. The summed E-state index contributed by atoms with van der Waals surface area (Å²) >= 11 is 0. The van der Waals surface area contributed by atoms with E-state index in [0.717, 1.165) is 19.3 Å². The van der Waals surface area contributed by atoms with Crippen LogP contribution in [0.4, 0.5) is 9.18 Å². The SMILES string of the molecule is CC(C)C[C@H](NC(=O)c1ccc(F)cc1)C1CCN(C(=O)OC(C)(C)C)CC1. The molecule has 1 N–H and O–H groups in total. The zero-order chi connectivity index (χ0) is 20.9. The first-order valence-electron chi connectivity index (χ1n) is 10.1. The molecule has 1 saturated heterocycles. The van der Waals surface area contributed by atoms with Crippen molar-refractivity contribution in [2.45, 2.75) is 65.5 Å². The molecule has 156 valence electrons. The van der Waals surface area contributed by atoms with Crippen LogP contribution in [-0.2, 0) is 4.74 Å². The monoisotopic (exact) mass is 392 g/mol. The standard InChI is InChI=1S/C22H33FN2O3/c1-15(2)14-19(24-20(26)17-6-8-18(23)9-7-17)16-10-12-25(13-11-16)21(27)28-22(3,4)5/h6-9,15-16,19H,10-14H2,1-5H3,(H,24,26)/t19-/m0/s1. The molecule has 1 fully saturated rings. The van der Waals surface area contributed by atoms with Gasteiger partial charge in [-0.1, -0.05) is 13.8 Å². The van der Waals surface area contributed by atoms with E-state index in [-0.39, 0.29) is 23.9 Å². The number of rotatable bonds is 5. The van der Waals surface area contributed by atoms with Gasteiger partial charge in [-0.3, -0.25) is 4.79 Å². The van der Waals surface area contributed by atoms with E-state index in [2.05, 4.69) is 19.2 Å². The van der Waals surface area contributed by atoms with Crippen molar-refractivity contribution in [1.29, 1.82) is 0 Å². The highest BCUT2D eigenvalue weighted by Crippen LogP contribution is 2.26. The molecule has 0 radical (unpaired) electrons. The topological polar surface area (TPSA) is 58.6 Å². The maximum absolute atomic E-state index is 13.1. The Hall–Kier alpha value is -2.11. The van der Waals surface area contributed by atoms with Crippen LogP contribution >= 0.6 is 0 Å². The Kier molecular flexibility index (Phi) is 7.44. The Labute approximate surface area is 167 Å². The fourth-order valence-corrected chi connectivity index (χ4v) is 3.54. The summed E-state index contributed by atoms with van der Waals surface area (Å²) in [4.78, 5) is 26.6. The molecule has 0 aromatic heterocycles. The summed E-state index contributed by atoms with van der Waals surface area (Å²) in [6.07, 6.45) is 2.23. The van der Waals surface area contributed by atoms with Crippen LogP contribution in [0.2, 0.25) is 0 Å². The Morgan fingerprint density at radius 3 is 2.25 bits per heavy atom. The van der Waals surface area contributed by atoms with Crippen LogP contribution in [0.5, 0.6) is 0 Å². The lowest BCUT2D eigenvalue weighted by Crippen LogP contribution is -2.48. The lowest BCUT2D eigenvalue weighted by molar-refractivity contribution is 0.0164. The van der Waals surface area contributed by atoms with Crippen molar-refractivity contribution in [1.82, 2.24) is 10.2 Å². The van der Waals surface area contributed by atoms with Crippen LogP contribution in [0.15, 0.2) is 24.3 Å². The second-order valence-electron chi connectivity index (χ2n) is 9.02. The number of likely N-dealkylation sites (tertiary alicyclic amines) is 1. The largest absolute Gasteiger partial charge is 0.444 e. The quantitative estimate of drug-likeness (QED) is 0.796. The first-order chi connectivity index (χ1) is 13.0. The Bertz CT molecular complexity index is 659. The average molecular weight is 393 g/mol. The molecular formula is C22H33FN2O3. The molecule has 1 atom stereocenters. The lowest BCUT2D eigenvalue weighted by Gasteiger charge is -2.37. The number of hydrogen-bond donors (Lipinski definition) is 1. The van der Waals surface area contributed by atoms with Crippen LogP contribution < -0.4 is 5.32 Å². The van der Waals surface area contributed by atoms with E-state index in [9.17, 15) is 14.0 Å². The molecule has 2 rings (SSSR count). The Balaban J connectivity index is 1.97. The van der Waals surface area contributed by atoms with Crippen molar-refractivity contribution < 1.29 is 18.7 Å². The highest BCUT2D eigenvalue weighted by molar-refractivity contribution is 5.94. The van der Waals surface area contributed by atoms with Crippen molar-refractivity contribution in [3.63, 3.8) is 0 Å². The summed E-state index contributed by atoms with van der Waals surface area (Å²) in [6, 6.07) is 5.63. The minimum atomic E-state index is -0.503. The zero-order valence-electron chi connectivity index (χ0n) is 17.6. The molecule has 5 nitrogen and oxygen atoms in total. The van der Waals surface area contributed by atoms with Gasteiger partial charge >= 0.3 is 6.09 Å². The van der Waals surface area contributed by atoms with Gasteiger partial charge in [0.1, 0.15) is 11.4 Å². The number of amides is 2. The second-order valence-corrected chi connectivity index (χ2v) is 9.02. The highest BCUT2D eigenvalue weighted by atomic mass is 19.1. The molecule has 1 aromatic rings. The van der Waals surface area contributed by atoms with Crippen molar-refractivity contribution in [2.24, 2.45) is 11.8 Å². The third kappa shape index (κ3) is 6.80. The fourth-order valence-electron chi connectivity index (χ4n) is 3.54. The zero-order valence-corrected chi connectivity index (χ0v) is 17.6. The van der Waals surface area contributed by atoms with E-state index in [0.29, 0.717) is 30.5 Å². The molecule has 0 aliphatic carbocycles.